The van der Waals surface area contributed by atoms with E-state index in [2.05, 4.69) is 21.2 Å². The van der Waals surface area contributed by atoms with Crippen LogP contribution in [0, 0.1) is 6.92 Å². The molecule has 3 amide bonds. The van der Waals surface area contributed by atoms with E-state index in [1.54, 1.807) is 37.3 Å². The minimum atomic E-state index is -0.954. The lowest BCUT2D eigenvalue weighted by atomic mass is 10.2. The Hall–Kier alpha value is -3.68. The molecule has 0 radical (unpaired) electrons. The summed E-state index contributed by atoms with van der Waals surface area (Å²) in [4.78, 5) is 35.9. The molecule has 28 heavy (non-hydrogen) atoms. The van der Waals surface area contributed by atoms with Crippen LogP contribution in [-0.4, -0.2) is 30.5 Å². The maximum Gasteiger partial charge on any atom is 0.329 e. The average molecular weight is 382 g/mol. The maximum atomic E-state index is 12.0. The van der Waals surface area contributed by atoms with Gasteiger partial charge in [0, 0.05) is 11.4 Å². The number of rotatable bonds is 6. The minimum absolute atomic E-state index is 0.0254. The number of amides is 3. The van der Waals surface area contributed by atoms with Crippen LogP contribution in [0.5, 0.6) is 5.75 Å². The van der Waals surface area contributed by atoms with Crippen LogP contribution < -0.4 is 20.8 Å². The zero-order valence-corrected chi connectivity index (χ0v) is 15.9. The first-order chi connectivity index (χ1) is 13.4. The Balaban J connectivity index is 1.86. The second-order valence-electron chi connectivity index (χ2n) is 6.04. The van der Waals surface area contributed by atoms with Gasteiger partial charge >= 0.3 is 11.8 Å². The van der Waals surface area contributed by atoms with E-state index < -0.39 is 11.8 Å². The molecule has 0 aliphatic rings. The Morgan fingerprint density at radius 3 is 2.46 bits per heavy atom. The van der Waals surface area contributed by atoms with Crippen LogP contribution in [0.25, 0.3) is 0 Å². The summed E-state index contributed by atoms with van der Waals surface area (Å²) in [6.07, 6.45) is -0.0254. The van der Waals surface area contributed by atoms with Crippen molar-refractivity contribution in [2.24, 2.45) is 5.10 Å². The largest absolute Gasteiger partial charge is 0.495 e. The molecule has 0 aliphatic heterocycles. The van der Waals surface area contributed by atoms with E-state index in [0.717, 1.165) is 5.56 Å². The number of nitrogens with zero attached hydrogens (tertiary/aromatic N) is 1. The molecule has 0 heterocycles. The van der Waals surface area contributed by atoms with Gasteiger partial charge in [-0.05, 0) is 43.7 Å². The Labute approximate surface area is 163 Å². The van der Waals surface area contributed by atoms with Gasteiger partial charge in [0.15, 0.2) is 0 Å². The van der Waals surface area contributed by atoms with Gasteiger partial charge in [0.05, 0.1) is 19.2 Å². The number of nitrogens with one attached hydrogen (secondary N) is 3. The van der Waals surface area contributed by atoms with E-state index in [-0.39, 0.29) is 12.3 Å². The lowest BCUT2D eigenvalue weighted by molar-refractivity contribution is -0.136. The molecule has 2 rings (SSSR count). The number of hydrazone groups is 1. The van der Waals surface area contributed by atoms with Crippen LogP contribution >= 0.6 is 0 Å². The second-order valence-corrected chi connectivity index (χ2v) is 6.04. The number of methoxy groups -OCH3 is 1. The topological polar surface area (TPSA) is 109 Å². The number of aryl methyl sites for hydroxylation is 1. The van der Waals surface area contributed by atoms with Crippen LogP contribution in [0.4, 0.5) is 11.4 Å². The Morgan fingerprint density at radius 1 is 1.00 bits per heavy atom. The van der Waals surface area contributed by atoms with Gasteiger partial charge in [0.1, 0.15) is 5.75 Å². The molecule has 0 fully saturated rings. The summed E-state index contributed by atoms with van der Waals surface area (Å²) in [7, 11) is 1.46. The molecule has 0 bridgehead atoms. The normalized spacial score (nSPS) is 10.8. The van der Waals surface area contributed by atoms with Gasteiger partial charge in [0.2, 0.25) is 5.91 Å². The van der Waals surface area contributed by atoms with Crippen LogP contribution in [0.3, 0.4) is 0 Å². The summed E-state index contributed by atoms with van der Waals surface area (Å²) >= 11 is 0. The van der Waals surface area contributed by atoms with Gasteiger partial charge in [0.25, 0.3) is 0 Å². The SMILES string of the molecule is COc1ccccc1NC(=O)C(=O)NN=C(C)CC(=O)Nc1cccc(C)c1. The zero-order valence-electron chi connectivity index (χ0n) is 15.9. The Bertz CT molecular complexity index is 909. The van der Waals surface area contributed by atoms with E-state index in [4.69, 9.17) is 4.74 Å². The van der Waals surface area contributed by atoms with Crippen molar-refractivity contribution in [3.63, 3.8) is 0 Å². The van der Waals surface area contributed by atoms with Gasteiger partial charge in [-0.3, -0.25) is 14.4 Å². The third-order valence-electron chi connectivity index (χ3n) is 3.63. The standard InChI is InChI=1S/C20H22N4O4/c1-13-7-6-8-15(11-13)21-18(25)12-14(2)23-24-20(27)19(26)22-16-9-4-5-10-17(16)28-3/h4-11H,12H2,1-3H3,(H,21,25)(H,22,26)(H,24,27). The van der Waals surface area contributed by atoms with E-state index >= 15 is 0 Å². The third kappa shape index (κ3) is 6.24. The summed E-state index contributed by atoms with van der Waals surface area (Å²) in [6, 6.07) is 14.1. The molecule has 8 nitrogen and oxygen atoms in total. The molecule has 0 aliphatic carbocycles. The first-order valence-corrected chi connectivity index (χ1v) is 8.53. The molecule has 0 spiro atoms. The van der Waals surface area contributed by atoms with Gasteiger partial charge in [-0.25, -0.2) is 5.43 Å². The fourth-order valence-corrected chi connectivity index (χ4v) is 2.32. The highest BCUT2D eigenvalue weighted by Gasteiger charge is 2.15. The fourth-order valence-electron chi connectivity index (χ4n) is 2.32. The molecule has 2 aromatic rings. The van der Waals surface area contributed by atoms with Crippen molar-refractivity contribution >= 4 is 34.8 Å². The zero-order chi connectivity index (χ0) is 20.5. The van der Waals surface area contributed by atoms with E-state index in [1.165, 1.54) is 7.11 Å². The van der Waals surface area contributed by atoms with Crippen LogP contribution in [0.2, 0.25) is 0 Å². The molecule has 0 unspecified atom stereocenters. The average Bonchev–Trinajstić information content (AvgIpc) is 2.66. The van der Waals surface area contributed by atoms with Crippen LogP contribution in [-0.2, 0) is 14.4 Å². The van der Waals surface area contributed by atoms with Crippen molar-refractivity contribution in [3.05, 3.63) is 54.1 Å². The molecular weight excluding hydrogens is 360 g/mol. The number of hydrogen-bond donors (Lipinski definition) is 3. The van der Waals surface area contributed by atoms with Crippen molar-refractivity contribution in [1.29, 1.82) is 0 Å². The van der Waals surface area contributed by atoms with Crippen LogP contribution in [0.15, 0.2) is 53.6 Å². The van der Waals surface area contributed by atoms with Crippen molar-refractivity contribution in [3.8, 4) is 5.75 Å². The van der Waals surface area contributed by atoms with E-state index in [0.29, 0.717) is 22.8 Å². The summed E-state index contributed by atoms with van der Waals surface area (Å²) in [5.74, 6) is -1.70. The number of hydrogen-bond acceptors (Lipinski definition) is 5. The monoisotopic (exact) mass is 382 g/mol. The maximum absolute atomic E-state index is 12.0. The van der Waals surface area contributed by atoms with Crippen molar-refractivity contribution < 1.29 is 19.1 Å². The highest BCUT2D eigenvalue weighted by molar-refractivity contribution is 6.39. The minimum Gasteiger partial charge on any atom is -0.495 e. The number of anilines is 2. The predicted octanol–water partition coefficient (Wildman–Crippen LogP) is 2.46. The summed E-state index contributed by atoms with van der Waals surface area (Å²) < 4.78 is 5.11. The molecule has 0 saturated heterocycles. The molecular formula is C20H22N4O4. The van der Waals surface area contributed by atoms with Crippen molar-refractivity contribution in [2.75, 3.05) is 17.7 Å². The first-order valence-electron chi connectivity index (χ1n) is 8.53. The number of benzene rings is 2. The predicted molar refractivity (Wildman–Crippen MR) is 107 cm³/mol. The Morgan fingerprint density at radius 2 is 1.75 bits per heavy atom. The molecule has 8 heteroatoms. The lowest BCUT2D eigenvalue weighted by Crippen LogP contribution is -2.33. The molecule has 0 saturated carbocycles. The lowest BCUT2D eigenvalue weighted by Gasteiger charge is -2.09. The fraction of sp³-hybridized carbons (Fsp3) is 0.200. The van der Waals surface area contributed by atoms with E-state index in [9.17, 15) is 14.4 Å². The summed E-state index contributed by atoms with van der Waals surface area (Å²) in [5, 5.41) is 8.98. The number of carbonyl (C=O) groups excluding carboxylic acids is 3. The highest BCUT2D eigenvalue weighted by atomic mass is 16.5. The Kier molecular flexibility index (Phi) is 7.27. The second kappa shape index (κ2) is 9.86. The van der Waals surface area contributed by atoms with Crippen molar-refractivity contribution in [1.82, 2.24) is 5.43 Å². The third-order valence-corrected chi connectivity index (χ3v) is 3.63. The first kappa shape index (κ1) is 20.6. The number of para-hydroxylation sites is 2. The van der Waals surface area contributed by atoms with Gasteiger partial charge in [-0.15, -0.1) is 0 Å². The molecule has 0 aromatic heterocycles. The summed E-state index contributed by atoms with van der Waals surface area (Å²) in [5.41, 5.74) is 4.55. The molecule has 2 aromatic carbocycles. The highest BCUT2D eigenvalue weighted by Crippen LogP contribution is 2.22. The summed E-state index contributed by atoms with van der Waals surface area (Å²) in [6.45, 7) is 3.50. The van der Waals surface area contributed by atoms with Gasteiger partial charge < -0.3 is 15.4 Å². The van der Waals surface area contributed by atoms with Crippen molar-refractivity contribution in [2.45, 2.75) is 20.3 Å². The molecule has 146 valence electrons. The smallest absolute Gasteiger partial charge is 0.329 e. The van der Waals surface area contributed by atoms with E-state index in [1.807, 2.05) is 25.1 Å². The number of carbonyl (C=O) groups is 3. The molecule has 3 N–H and O–H groups in total. The number of ether oxygens (including phenoxy) is 1. The quantitative estimate of drug-likeness (QED) is 0.405. The molecule has 0 atom stereocenters. The van der Waals surface area contributed by atoms with Crippen LogP contribution in [0.1, 0.15) is 18.9 Å². The van der Waals surface area contributed by atoms with Gasteiger partial charge in [-0.1, -0.05) is 24.3 Å². The van der Waals surface area contributed by atoms with Gasteiger partial charge in [-0.2, -0.15) is 5.10 Å².